The molecule has 0 saturated carbocycles. The number of nitrogens with one attached hydrogen (secondary N) is 2. The number of ether oxygens (including phenoxy) is 2. The average molecular weight is 426 g/mol. The van der Waals surface area contributed by atoms with Crippen molar-refractivity contribution in [1.29, 1.82) is 0 Å². The van der Waals surface area contributed by atoms with Gasteiger partial charge in [0.2, 0.25) is 5.91 Å². The Bertz CT molecular complexity index is 916. The van der Waals surface area contributed by atoms with Gasteiger partial charge in [-0.05, 0) is 48.9 Å². The highest BCUT2D eigenvalue weighted by atomic mass is 19.4. The normalized spacial score (nSPS) is 16.5. The lowest BCUT2D eigenvalue weighted by molar-refractivity contribution is -0.153. The zero-order valence-corrected chi connectivity index (χ0v) is 15.6. The zero-order chi connectivity index (χ0) is 21.7. The van der Waals surface area contributed by atoms with Gasteiger partial charge < -0.3 is 20.1 Å². The first-order chi connectivity index (χ1) is 14.2. The molecule has 0 aromatic heterocycles. The number of carbonyl (C=O) groups excluding carboxylic acids is 2. The van der Waals surface area contributed by atoms with Gasteiger partial charge in [0.05, 0.1) is 5.56 Å². The minimum atomic E-state index is -4.45. The lowest BCUT2D eigenvalue weighted by Gasteiger charge is -2.23. The van der Waals surface area contributed by atoms with E-state index in [0.29, 0.717) is 13.0 Å². The Morgan fingerprint density at radius 3 is 2.50 bits per heavy atom. The highest BCUT2D eigenvalue weighted by Crippen LogP contribution is 2.28. The first-order valence-electron chi connectivity index (χ1n) is 9.04. The fourth-order valence-electron chi connectivity index (χ4n) is 2.83. The number of alkyl halides is 3. The van der Waals surface area contributed by atoms with Crippen molar-refractivity contribution < 1.29 is 36.6 Å². The van der Waals surface area contributed by atoms with Crippen molar-refractivity contribution in [3.05, 3.63) is 53.8 Å². The summed E-state index contributed by atoms with van der Waals surface area (Å²) in [5, 5.41) is 5.34. The fraction of sp³-hybridized carbons (Fsp3) is 0.300. The van der Waals surface area contributed by atoms with E-state index in [9.17, 15) is 27.2 Å². The van der Waals surface area contributed by atoms with E-state index in [0.717, 1.165) is 12.1 Å². The number of carbonyl (C=O) groups is 2. The number of hydrogen-bond acceptors (Lipinski definition) is 4. The van der Waals surface area contributed by atoms with Gasteiger partial charge in [0, 0.05) is 19.0 Å². The third-order valence-corrected chi connectivity index (χ3v) is 4.22. The quantitative estimate of drug-likeness (QED) is 0.693. The molecule has 1 aliphatic heterocycles. The molecule has 0 bridgehead atoms. The van der Waals surface area contributed by atoms with Gasteiger partial charge in [-0.15, -0.1) is 0 Å². The molecule has 10 heteroatoms. The predicted octanol–water partition coefficient (Wildman–Crippen LogP) is 3.57. The van der Waals surface area contributed by atoms with Crippen molar-refractivity contribution in [3.8, 4) is 17.2 Å². The third kappa shape index (κ3) is 6.10. The molecule has 0 spiro atoms. The SMILES string of the molecule is O=C1CC(NC(=O)c2cc(F)ccc2Oc2ccc(OCC(F)(F)F)cc2)CCN1. The molecule has 1 unspecified atom stereocenters. The van der Waals surface area contributed by atoms with Crippen LogP contribution in [-0.2, 0) is 4.79 Å². The molecule has 1 atom stereocenters. The molecular weight excluding hydrogens is 408 g/mol. The fourth-order valence-corrected chi connectivity index (χ4v) is 2.83. The second-order valence-electron chi connectivity index (χ2n) is 6.63. The van der Waals surface area contributed by atoms with E-state index in [2.05, 4.69) is 15.4 Å². The van der Waals surface area contributed by atoms with Gasteiger partial charge in [-0.25, -0.2) is 4.39 Å². The van der Waals surface area contributed by atoms with Crippen molar-refractivity contribution >= 4 is 11.8 Å². The Morgan fingerprint density at radius 1 is 1.13 bits per heavy atom. The van der Waals surface area contributed by atoms with Gasteiger partial charge in [0.1, 0.15) is 23.1 Å². The van der Waals surface area contributed by atoms with E-state index in [-0.39, 0.29) is 41.2 Å². The zero-order valence-electron chi connectivity index (χ0n) is 15.6. The summed E-state index contributed by atoms with van der Waals surface area (Å²) in [7, 11) is 0. The smallest absolute Gasteiger partial charge is 0.422 e. The first-order valence-corrected chi connectivity index (χ1v) is 9.04. The second-order valence-corrected chi connectivity index (χ2v) is 6.63. The van der Waals surface area contributed by atoms with Crippen LogP contribution in [0.4, 0.5) is 17.6 Å². The summed E-state index contributed by atoms with van der Waals surface area (Å²) in [5.74, 6) is -1.17. The lowest BCUT2D eigenvalue weighted by Crippen LogP contribution is -2.45. The molecule has 160 valence electrons. The summed E-state index contributed by atoms with van der Waals surface area (Å²) in [6.07, 6.45) is -3.79. The van der Waals surface area contributed by atoms with Crippen LogP contribution < -0.4 is 20.1 Å². The van der Waals surface area contributed by atoms with Crippen LogP contribution in [0.25, 0.3) is 0 Å². The van der Waals surface area contributed by atoms with Gasteiger partial charge in [-0.3, -0.25) is 9.59 Å². The Balaban J connectivity index is 1.70. The van der Waals surface area contributed by atoms with Gasteiger partial charge in [-0.2, -0.15) is 13.2 Å². The Labute approximate surface area is 169 Å². The van der Waals surface area contributed by atoms with Crippen LogP contribution in [0.3, 0.4) is 0 Å². The number of hydrogen-bond donors (Lipinski definition) is 2. The molecule has 1 fully saturated rings. The van der Waals surface area contributed by atoms with Crippen molar-refractivity contribution in [2.45, 2.75) is 25.1 Å². The largest absolute Gasteiger partial charge is 0.484 e. The second kappa shape index (κ2) is 9.02. The molecule has 0 radical (unpaired) electrons. The Morgan fingerprint density at radius 2 is 1.83 bits per heavy atom. The maximum Gasteiger partial charge on any atom is 0.422 e. The Hall–Kier alpha value is -3.30. The van der Waals surface area contributed by atoms with Gasteiger partial charge in [0.15, 0.2) is 6.61 Å². The summed E-state index contributed by atoms with van der Waals surface area (Å²) in [6, 6.07) is 8.30. The number of rotatable bonds is 6. The third-order valence-electron chi connectivity index (χ3n) is 4.22. The van der Waals surface area contributed by atoms with Crippen LogP contribution in [-0.4, -0.2) is 37.2 Å². The summed E-state index contributed by atoms with van der Waals surface area (Å²) in [4.78, 5) is 24.1. The minimum absolute atomic E-state index is 0.00711. The molecule has 1 aliphatic rings. The summed E-state index contributed by atoms with van der Waals surface area (Å²) in [6.45, 7) is -0.992. The molecule has 2 amide bonds. The van der Waals surface area contributed by atoms with E-state index in [1.54, 1.807) is 0 Å². The highest BCUT2D eigenvalue weighted by molar-refractivity contribution is 5.97. The minimum Gasteiger partial charge on any atom is -0.484 e. The van der Waals surface area contributed by atoms with Gasteiger partial charge in [0.25, 0.3) is 5.91 Å². The van der Waals surface area contributed by atoms with Crippen LogP contribution in [0, 0.1) is 5.82 Å². The topological polar surface area (TPSA) is 76.7 Å². The average Bonchev–Trinajstić information content (AvgIpc) is 2.68. The van der Waals surface area contributed by atoms with Crippen LogP contribution in [0.15, 0.2) is 42.5 Å². The van der Waals surface area contributed by atoms with Gasteiger partial charge >= 0.3 is 6.18 Å². The first kappa shape index (κ1) is 21.4. The summed E-state index contributed by atoms with van der Waals surface area (Å²) >= 11 is 0. The van der Waals surface area contributed by atoms with Gasteiger partial charge in [-0.1, -0.05) is 0 Å². The monoisotopic (exact) mass is 426 g/mol. The molecule has 3 rings (SSSR count). The lowest BCUT2D eigenvalue weighted by atomic mass is 10.1. The van der Waals surface area contributed by atoms with Crippen LogP contribution in [0.5, 0.6) is 17.2 Å². The maximum absolute atomic E-state index is 13.7. The molecule has 2 aromatic carbocycles. The highest BCUT2D eigenvalue weighted by Gasteiger charge is 2.28. The van der Waals surface area contributed by atoms with Crippen LogP contribution in [0.1, 0.15) is 23.2 Å². The summed E-state index contributed by atoms with van der Waals surface area (Å²) < 4.78 is 60.6. The van der Waals surface area contributed by atoms with E-state index < -0.39 is 24.5 Å². The Kier molecular flexibility index (Phi) is 6.43. The molecule has 2 aromatic rings. The van der Waals surface area contributed by atoms with Crippen molar-refractivity contribution in [1.82, 2.24) is 10.6 Å². The van der Waals surface area contributed by atoms with Crippen LogP contribution >= 0.6 is 0 Å². The number of piperidine rings is 1. The van der Waals surface area contributed by atoms with Crippen molar-refractivity contribution in [3.63, 3.8) is 0 Å². The molecule has 1 saturated heterocycles. The van der Waals surface area contributed by atoms with Crippen molar-refractivity contribution in [2.24, 2.45) is 0 Å². The van der Waals surface area contributed by atoms with E-state index in [4.69, 9.17) is 4.74 Å². The number of benzene rings is 2. The molecule has 2 N–H and O–H groups in total. The standard InChI is InChI=1S/C20H18F4N2O4/c21-12-1-6-17(16(9-12)19(28)26-13-7-8-25-18(27)10-13)30-15-4-2-14(3-5-15)29-11-20(22,23)24/h1-6,9,13H,7-8,10-11H2,(H,25,27)(H,26,28). The van der Waals surface area contributed by atoms with E-state index >= 15 is 0 Å². The van der Waals surface area contributed by atoms with E-state index in [1.807, 2.05) is 0 Å². The molecule has 1 heterocycles. The molecule has 6 nitrogen and oxygen atoms in total. The number of amides is 2. The predicted molar refractivity (Wildman–Crippen MR) is 98.0 cm³/mol. The summed E-state index contributed by atoms with van der Waals surface area (Å²) in [5.41, 5.74) is -0.0709. The molecule has 30 heavy (non-hydrogen) atoms. The molecular formula is C20H18F4N2O4. The van der Waals surface area contributed by atoms with Crippen LogP contribution in [0.2, 0.25) is 0 Å². The number of halogens is 4. The van der Waals surface area contributed by atoms with Crippen molar-refractivity contribution in [2.75, 3.05) is 13.2 Å². The molecule has 0 aliphatic carbocycles. The van der Waals surface area contributed by atoms with E-state index in [1.165, 1.54) is 30.3 Å². The maximum atomic E-state index is 13.7.